The Bertz CT molecular complexity index is 2020. The molecule has 1 aliphatic carbocycles. The number of nitrogens with one attached hydrogen (secondary N) is 2. The largest absolute Gasteiger partial charge is 0.479 e. The molecule has 0 bridgehead atoms. The van der Waals surface area contributed by atoms with Crippen LogP contribution in [0.1, 0.15) is 43.4 Å². The van der Waals surface area contributed by atoms with E-state index in [2.05, 4.69) is 10.0 Å². The Morgan fingerprint density at radius 3 is 2.21 bits per heavy atom. The quantitative estimate of drug-likeness (QED) is 0.232. The molecule has 5 aromatic carbocycles. The first-order valence-corrected chi connectivity index (χ1v) is 14.6. The summed E-state index contributed by atoms with van der Waals surface area (Å²) in [4.78, 5) is 38.7. The summed E-state index contributed by atoms with van der Waals surface area (Å²) >= 11 is 0. The number of carbonyl (C=O) groups is 3. The Balaban J connectivity index is 1.23. The van der Waals surface area contributed by atoms with E-state index in [1.165, 1.54) is 12.1 Å². The molecular weight excluding hydrogens is 552 g/mol. The van der Waals surface area contributed by atoms with Gasteiger partial charge in [0.05, 0.1) is 4.90 Å². The standard InChI is InChI=1S/C33H24N2O6S/c36-31-26-12-4-3-11-25(26)29-27(31)13-6-14-28(29)32(37)35-30(33(38)39)23-10-5-7-20(17-23)19-34-42(40,41)24-16-15-21-8-1-2-9-22(21)18-24/h1-18,30,34H,19H2,(H,35,37)(H,38,39). The summed E-state index contributed by atoms with van der Waals surface area (Å²) in [5, 5.41) is 14.3. The van der Waals surface area contributed by atoms with Crippen LogP contribution in [-0.2, 0) is 21.4 Å². The molecule has 0 aromatic heterocycles. The Labute approximate surface area is 241 Å². The summed E-state index contributed by atoms with van der Waals surface area (Å²) in [7, 11) is -3.85. The van der Waals surface area contributed by atoms with Crippen LogP contribution >= 0.6 is 0 Å². The lowest BCUT2D eigenvalue weighted by Crippen LogP contribution is -2.34. The van der Waals surface area contributed by atoms with Gasteiger partial charge in [0.15, 0.2) is 11.8 Å². The van der Waals surface area contributed by atoms with Crippen LogP contribution in [0.3, 0.4) is 0 Å². The molecule has 1 aliphatic rings. The number of fused-ring (bicyclic) bond motifs is 4. The number of ketones is 1. The molecule has 0 aliphatic heterocycles. The van der Waals surface area contributed by atoms with Crippen molar-refractivity contribution in [2.75, 3.05) is 0 Å². The minimum atomic E-state index is -3.85. The number of amides is 1. The van der Waals surface area contributed by atoms with Gasteiger partial charge in [-0.3, -0.25) is 9.59 Å². The Hall–Kier alpha value is -5.12. The number of carboxylic acid groups (broad SMARTS) is 1. The molecule has 6 rings (SSSR count). The molecule has 3 N–H and O–H groups in total. The van der Waals surface area contributed by atoms with Crippen molar-refractivity contribution >= 4 is 38.5 Å². The Kier molecular flexibility index (Phi) is 6.89. The number of hydrogen-bond donors (Lipinski definition) is 3. The van der Waals surface area contributed by atoms with Crippen LogP contribution < -0.4 is 10.0 Å². The Morgan fingerprint density at radius 2 is 1.43 bits per heavy atom. The zero-order valence-corrected chi connectivity index (χ0v) is 22.9. The summed E-state index contributed by atoms with van der Waals surface area (Å²) in [6.07, 6.45) is 0. The van der Waals surface area contributed by atoms with Crippen LogP contribution in [0.4, 0.5) is 0 Å². The zero-order valence-electron chi connectivity index (χ0n) is 22.1. The minimum Gasteiger partial charge on any atom is -0.479 e. The Morgan fingerprint density at radius 1 is 0.738 bits per heavy atom. The fourth-order valence-electron chi connectivity index (χ4n) is 5.24. The lowest BCUT2D eigenvalue weighted by Gasteiger charge is -2.17. The second kappa shape index (κ2) is 10.7. The summed E-state index contributed by atoms with van der Waals surface area (Å²) in [6, 6.07) is 29.0. The average Bonchev–Trinajstić information content (AvgIpc) is 3.30. The molecule has 0 fully saturated rings. The van der Waals surface area contributed by atoms with E-state index in [0.29, 0.717) is 27.8 Å². The van der Waals surface area contributed by atoms with Gasteiger partial charge in [-0.2, -0.15) is 0 Å². The predicted octanol–water partition coefficient (Wildman–Crippen LogP) is 5.09. The van der Waals surface area contributed by atoms with E-state index in [0.717, 1.165) is 10.8 Å². The second-order valence-electron chi connectivity index (χ2n) is 9.93. The highest BCUT2D eigenvalue weighted by Crippen LogP contribution is 2.39. The van der Waals surface area contributed by atoms with Gasteiger partial charge in [0.1, 0.15) is 0 Å². The molecule has 0 radical (unpaired) electrons. The average molecular weight is 577 g/mol. The van der Waals surface area contributed by atoms with E-state index in [-0.39, 0.29) is 28.4 Å². The fourth-order valence-corrected chi connectivity index (χ4v) is 6.29. The molecule has 5 aromatic rings. The number of aliphatic carboxylic acids is 1. The van der Waals surface area contributed by atoms with Gasteiger partial charge in [0.25, 0.3) is 5.91 Å². The van der Waals surface area contributed by atoms with Gasteiger partial charge in [-0.1, -0.05) is 91.0 Å². The molecule has 0 spiro atoms. The number of benzene rings is 5. The van der Waals surface area contributed by atoms with Crippen LogP contribution in [-0.4, -0.2) is 31.2 Å². The third-order valence-electron chi connectivity index (χ3n) is 7.30. The maximum Gasteiger partial charge on any atom is 0.330 e. The maximum absolute atomic E-state index is 13.4. The maximum atomic E-state index is 13.4. The van der Waals surface area contributed by atoms with Crippen molar-refractivity contribution in [3.05, 3.63) is 137 Å². The third kappa shape index (κ3) is 4.96. The lowest BCUT2D eigenvalue weighted by atomic mass is 9.98. The van der Waals surface area contributed by atoms with Crippen molar-refractivity contribution < 1.29 is 27.9 Å². The van der Waals surface area contributed by atoms with Crippen LogP contribution in [0.5, 0.6) is 0 Å². The highest BCUT2D eigenvalue weighted by molar-refractivity contribution is 7.89. The van der Waals surface area contributed by atoms with Gasteiger partial charge in [-0.05, 0) is 45.7 Å². The van der Waals surface area contributed by atoms with Gasteiger partial charge in [0, 0.05) is 28.8 Å². The van der Waals surface area contributed by atoms with E-state index < -0.39 is 27.9 Å². The first kappa shape index (κ1) is 27.1. The molecule has 0 saturated carbocycles. The monoisotopic (exact) mass is 576 g/mol. The van der Waals surface area contributed by atoms with Crippen LogP contribution in [0, 0.1) is 0 Å². The van der Waals surface area contributed by atoms with Crippen molar-refractivity contribution in [2.24, 2.45) is 0 Å². The van der Waals surface area contributed by atoms with E-state index in [9.17, 15) is 27.9 Å². The predicted molar refractivity (Wildman–Crippen MR) is 158 cm³/mol. The third-order valence-corrected chi connectivity index (χ3v) is 8.70. The van der Waals surface area contributed by atoms with Crippen molar-refractivity contribution in [1.82, 2.24) is 10.0 Å². The number of carboxylic acids is 1. The SMILES string of the molecule is O=C(NC(C(=O)O)c1cccc(CNS(=O)(=O)c2ccc3ccccc3c2)c1)c1cccc2c1-c1ccccc1C2=O. The van der Waals surface area contributed by atoms with Gasteiger partial charge < -0.3 is 10.4 Å². The molecule has 8 nitrogen and oxygen atoms in total. The topological polar surface area (TPSA) is 130 Å². The van der Waals surface area contributed by atoms with Crippen molar-refractivity contribution in [3.63, 3.8) is 0 Å². The van der Waals surface area contributed by atoms with E-state index >= 15 is 0 Å². The first-order valence-electron chi connectivity index (χ1n) is 13.1. The summed E-state index contributed by atoms with van der Waals surface area (Å²) in [5.41, 5.74) is 2.93. The number of hydrogen-bond acceptors (Lipinski definition) is 5. The summed E-state index contributed by atoms with van der Waals surface area (Å²) < 4.78 is 28.6. The van der Waals surface area contributed by atoms with Crippen LogP contribution in [0.15, 0.2) is 114 Å². The van der Waals surface area contributed by atoms with Crippen LogP contribution in [0.2, 0.25) is 0 Å². The summed E-state index contributed by atoms with van der Waals surface area (Å²) in [5.74, 6) is -2.13. The number of sulfonamides is 1. The van der Waals surface area contributed by atoms with E-state index in [4.69, 9.17) is 0 Å². The molecule has 42 heavy (non-hydrogen) atoms. The van der Waals surface area contributed by atoms with Gasteiger partial charge >= 0.3 is 5.97 Å². The highest BCUT2D eigenvalue weighted by Gasteiger charge is 2.32. The van der Waals surface area contributed by atoms with E-state index in [1.807, 2.05) is 24.3 Å². The second-order valence-corrected chi connectivity index (χ2v) is 11.7. The fraction of sp³-hybridized carbons (Fsp3) is 0.0606. The molecule has 9 heteroatoms. The zero-order chi connectivity index (χ0) is 29.4. The normalized spacial score (nSPS) is 12.9. The summed E-state index contributed by atoms with van der Waals surface area (Å²) in [6.45, 7) is -0.0889. The highest BCUT2D eigenvalue weighted by atomic mass is 32.2. The van der Waals surface area contributed by atoms with Crippen molar-refractivity contribution in [1.29, 1.82) is 0 Å². The van der Waals surface area contributed by atoms with Gasteiger partial charge in [0.2, 0.25) is 10.0 Å². The van der Waals surface area contributed by atoms with Crippen molar-refractivity contribution in [3.8, 4) is 11.1 Å². The van der Waals surface area contributed by atoms with Gasteiger partial charge in [-0.15, -0.1) is 0 Å². The van der Waals surface area contributed by atoms with Crippen LogP contribution in [0.25, 0.3) is 21.9 Å². The van der Waals surface area contributed by atoms with Gasteiger partial charge in [-0.25, -0.2) is 17.9 Å². The minimum absolute atomic E-state index is 0.0889. The molecule has 1 atom stereocenters. The molecule has 1 amide bonds. The molecule has 0 saturated heterocycles. The molecule has 1 unspecified atom stereocenters. The van der Waals surface area contributed by atoms with E-state index in [1.54, 1.807) is 72.8 Å². The first-order chi connectivity index (χ1) is 20.2. The molecule has 208 valence electrons. The lowest BCUT2D eigenvalue weighted by molar-refractivity contribution is -0.139. The van der Waals surface area contributed by atoms with Crippen molar-refractivity contribution in [2.45, 2.75) is 17.5 Å². The molecular formula is C33H24N2O6S. The molecule has 0 heterocycles. The number of rotatable bonds is 8. The number of carbonyl (C=O) groups excluding carboxylic acids is 2. The smallest absolute Gasteiger partial charge is 0.330 e.